The summed E-state index contributed by atoms with van der Waals surface area (Å²) in [7, 11) is 0. The Morgan fingerprint density at radius 1 is 1.44 bits per heavy atom. The SMILES string of the molecule is NCC1CCCN1c1nccc(-c2ccoc2)n1. The van der Waals surface area contributed by atoms with E-state index in [0.717, 1.165) is 36.6 Å². The quantitative estimate of drug-likeness (QED) is 0.889. The van der Waals surface area contributed by atoms with E-state index in [1.807, 2.05) is 12.1 Å². The minimum atomic E-state index is 0.365. The number of nitrogens with two attached hydrogens (primary N) is 1. The third-order valence-electron chi connectivity index (χ3n) is 3.37. The predicted octanol–water partition coefficient (Wildman–Crippen LogP) is 1.66. The van der Waals surface area contributed by atoms with E-state index < -0.39 is 0 Å². The highest BCUT2D eigenvalue weighted by Crippen LogP contribution is 2.24. The van der Waals surface area contributed by atoms with Crippen molar-refractivity contribution in [3.63, 3.8) is 0 Å². The van der Waals surface area contributed by atoms with Crippen LogP contribution in [-0.4, -0.2) is 29.1 Å². The summed E-state index contributed by atoms with van der Waals surface area (Å²) in [6.07, 6.45) is 7.40. The highest BCUT2D eigenvalue weighted by Gasteiger charge is 2.25. The molecule has 5 nitrogen and oxygen atoms in total. The van der Waals surface area contributed by atoms with Crippen molar-refractivity contribution in [2.75, 3.05) is 18.0 Å². The highest BCUT2D eigenvalue weighted by atomic mass is 16.3. The topological polar surface area (TPSA) is 68.2 Å². The van der Waals surface area contributed by atoms with Gasteiger partial charge in [-0.25, -0.2) is 9.97 Å². The number of hydrogen-bond acceptors (Lipinski definition) is 5. The van der Waals surface area contributed by atoms with Crippen molar-refractivity contribution in [2.45, 2.75) is 18.9 Å². The molecule has 1 saturated heterocycles. The van der Waals surface area contributed by atoms with Crippen LogP contribution >= 0.6 is 0 Å². The van der Waals surface area contributed by atoms with Gasteiger partial charge in [0.15, 0.2) is 0 Å². The third-order valence-corrected chi connectivity index (χ3v) is 3.37. The first-order chi connectivity index (χ1) is 8.88. The van der Waals surface area contributed by atoms with E-state index in [2.05, 4.69) is 14.9 Å². The summed E-state index contributed by atoms with van der Waals surface area (Å²) >= 11 is 0. The number of nitrogens with zero attached hydrogens (tertiary/aromatic N) is 3. The standard InChI is InChI=1S/C13H16N4O/c14-8-11-2-1-6-17(11)13-15-5-3-12(16-13)10-4-7-18-9-10/h3-5,7,9,11H,1-2,6,8,14H2. The van der Waals surface area contributed by atoms with Crippen LogP contribution in [-0.2, 0) is 0 Å². The van der Waals surface area contributed by atoms with Crippen molar-refractivity contribution in [1.82, 2.24) is 9.97 Å². The van der Waals surface area contributed by atoms with Gasteiger partial charge in [0.05, 0.1) is 18.2 Å². The first-order valence-corrected chi connectivity index (χ1v) is 6.21. The van der Waals surface area contributed by atoms with Crippen LogP contribution in [0.1, 0.15) is 12.8 Å². The predicted molar refractivity (Wildman–Crippen MR) is 69.2 cm³/mol. The Hall–Kier alpha value is -1.88. The molecule has 18 heavy (non-hydrogen) atoms. The van der Waals surface area contributed by atoms with Gasteiger partial charge in [0.25, 0.3) is 0 Å². The monoisotopic (exact) mass is 244 g/mol. The lowest BCUT2D eigenvalue weighted by molar-refractivity contribution is 0.568. The maximum atomic E-state index is 5.78. The van der Waals surface area contributed by atoms with Gasteiger partial charge < -0.3 is 15.1 Å². The zero-order chi connectivity index (χ0) is 12.4. The van der Waals surface area contributed by atoms with Crippen LogP contribution in [0.4, 0.5) is 5.95 Å². The van der Waals surface area contributed by atoms with E-state index in [-0.39, 0.29) is 0 Å². The van der Waals surface area contributed by atoms with Gasteiger partial charge in [0.2, 0.25) is 5.95 Å². The number of aromatic nitrogens is 2. The molecule has 1 unspecified atom stereocenters. The van der Waals surface area contributed by atoms with Gasteiger partial charge in [0.1, 0.15) is 0 Å². The van der Waals surface area contributed by atoms with Crippen LogP contribution in [0.5, 0.6) is 0 Å². The molecule has 0 amide bonds. The fourth-order valence-corrected chi connectivity index (χ4v) is 2.40. The van der Waals surface area contributed by atoms with Crippen LogP contribution in [0.15, 0.2) is 35.3 Å². The summed E-state index contributed by atoms with van der Waals surface area (Å²) in [5, 5.41) is 0. The molecule has 2 N–H and O–H groups in total. The summed E-state index contributed by atoms with van der Waals surface area (Å²) in [4.78, 5) is 11.2. The molecular weight excluding hydrogens is 228 g/mol. The molecule has 0 aromatic carbocycles. The minimum absolute atomic E-state index is 0.365. The molecule has 0 aliphatic carbocycles. The molecule has 1 fully saturated rings. The molecule has 1 atom stereocenters. The highest BCUT2D eigenvalue weighted by molar-refractivity contribution is 5.58. The maximum absolute atomic E-state index is 5.78. The fraction of sp³-hybridized carbons (Fsp3) is 0.385. The van der Waals surface area contributed by atoms with Gasteiger partial charge >= 0.3 is 0 Å². The van der Waals surface area contributed by atoms with Gasteiger partial charge in [-0.1, -0.05) is 0 Å². The van der Waals surface area contributed by atoms with Gasteiger partial charge in [0, 0.05) is 30.9 Å². The maximum Gasteiger partial charge on any atom is 0.226 e. The van der Waals surface area contributed by atoms with Gasteiger partial charge in [-0.15, -0.1) is 0 Å². The molecule has 2 aromatic rings. The van der Waals surface area contributed by atoms with Crippen LogP contribution in [0.3, 0.4) is 0 Å². The van der Waals surface area contributed by atoms with Gasteiger partial charge in [-0.3, -0.25) is 0 Å². The average Bonchev–Trinajstić information content (AvgIpc) is 3.10. The third kappa shape index (κ3) is 1.97. The normalized spacial score (nSPS) is 19.4. The lowest BCUT2D eigenvalue weighted by Gasteiger charge is -2.23. The molecule has 0 radical (unpaired) electrons. The second-order valence-electron chi connectivity index (χ2n) is 4.48. The Morgan fingerprint density at radius 2 is 2.39 bits per heavy atom. The van der Waals surface area contributed by atoms with Crippen molar-refractivity contribution >= 4 is 5.95 Å². The second-order valence-corrected chi connectivity index (χ2v) is 4.48. The van der Waals surface area contributed by atoms with E-state index >= 15 is 0 Å². The zero-order valence-electron chi connectivity index (χ0n) is 10.1. The lowest BCUT2D eigenvalue weighted by Crippen LogP contribution is -2.36. The van der Waals surface area contributed by atoms with Crippen LogP contribution in [0.2, 0.25) is 0 Å². The van der Waals surface area contributed by atoms with E-state index in [9.17, 15) is 0 Å². The zero-order valence-corrected chi connectivity index (χ0v) is 10.1. The molecule has 2 aromatic heterocycles. The number of anilines is 1. The van der Waals surface area contributed by atoms with Crippen molar-refractivity contribution in [3.05, 3.63) is 30.9 Å². The molecule has 0 bridgehead atoms. The Bertz CT molecular complexity index is 511. The largest absolute Gasteiger partial charge is 0.472 e. The number of hydrogen-bond donors (Lipinski definition) is 1. The second kappa shape index (κ2) is 4.78. The summed E-state index contributed by atoms with van der Waals surface area (Å²) in [6.45, 7) is 1.63. The summed E-state index contributed by atoms with van der Waals surface area (Å²) in [5.41, 5.74) is 7.64. The molecule has 5 heteroatoms. The lowest BCUT2D eigenvalue weighted by atomic mass is 10.2. The van der Waals surface area contributed by atoms with Crippen molar-refractivity contribution in [3.8, 4) is 11.3 Å². The Kier molecular flexibility index (Phi) is 2.98. The van der Waals surface area contributed by atoms with Crippen molar-refractivity contribution in [2.24, 2.45) is 5.73 Å². The van der Waals surface area contributed by atoms with Crippen LogP contribution in [0, 0.1) is 0 Å². The molecule has 0 saturated carbocycles. The summed E-state index contributed by atoms with van der Waals surface area (Å²) in [6, 6.07) is 4.16. The molecule has 1 aliphatic rings. The van der Waals surface area contributed by atoms with Gasteiger partial charge in [-0.05, 0) is 25.0 Å². The van der Waals surface area contributed by atoms with E-state index in [1.165, 1.54) is 0 Å². The Labute approximate surface area is 106 Å². The average molecular weight is 244 g/mol. The molecule has 94 valence electrons. The van der Waals surface area contributed by atoms with E-state index in [0.29, 0.717) is 12.6 Å². The first kappa shape index (κ1) is 11.2. The van der Waals surface area contributed by atoms with Crippen molar-refractivity contribution in [1.29, 1.82) is 0 Å². The Balaban J connectivity index is 1.91. The molecule has 3 heterocycles. The Morgan fingerprint density at radius 3 is 3.17 bits per heavy atom. The molecular formula is C13H16N4O. The van der Waals surface area contributed by atoms with Gasteiger partial charge in [-0.2, -0.15) is 0 Å². The van der Waals surface area contributed by atoms with Crippen LogP contribution in [0.25, 0.3) is 11.3 Å². The summed E-state index contributed by atoms with van der Waals surface area (Å²) < 4.78 is 5.08. The molecule has 0 spiro atoms. The van der Waals surface area contributed by atoms with E-state index in [1.54, 1.807) is 18.7 Å². The minimum Gasteiger partial charge on any atom is -0.472 e. The molecule has 1 aliphatic heterocycles. The van der Waals surface area contributed by atoms with Crippen molar-refractivity contribution < 1.29 is 4.42 Å². The molecule has 3 rings (SSSR count). The van der Waals surface area contributed by atoms with Crippen LogP contribution < -0.4 is 10.6 Å². The van der Waals surface area contributed by atoms with E-state index in [4.69, 9.17) is 10.2 Å². The number of furan rings is 1. The first-order valence-electron chi connectivity index (χ1n) is 6.21. The number of rotatable bonds is 3. The summed E-state index contributed by atoms with van der Waals surface area (Å²) in [5.74, 6) is 0.765. The fourth-order valence-electron chi connectivity index (χ4n) is 2.40. The smallest absolute Gasteiger partial charge is 0.226 e.